The Labute approximate surface area is 98.7 Å². The van der Waals surface area contributed by atoms with Crippen molar-refractivity contribution in [2.75, 3.05) is 0 Å². The summed E-state index contributed by atoms with van der Waals surface area (Å²) < 4.78 is 5.25. The fourth-order valence-corrected chi connectivity index (χ4v) is 1.77. The van der Waals surface area contributed by atoms with Crippen molar-refractivity contribution >= 4 is 10.9 Å². The molecule has 0 aliphatic heterocycles. The summed E-state index contributed by atoms with van der Waals surface area (Å²) in [5.74, 6) is 1.56. The average molecular weight is 227 g/mol. The lowest BCUT2D eigenvalue weighted by molar-refractivity contribution is 0.418. The molecule has 4 nitrogen and oxygen atoms in total. The quantitative estimate of drug-likeness (QED) is 0.730. The van der Waals surface area contributed by atoms with Gasteiger partial charge in [0.15, 0.2) is 5.82 Å². The minimum absolute atomic E-state index is 0.275. The van der Waals surface area contributed by atoms with Gasteiger partial charge in [-0.25, -0.2) is 0 Å². The summed E-state index contributed by atoms with van der Waals surface area (Å²) in [5, 5.41) is 5.10. The Balaban J connectivity index is 2.07. The van der Waals surface area contributed by atoms with Crippen LogP contribution in [0.1, 0.15) is 25.6 Å². The molecule has 0 atom stereocenters. The molecule has 3 aromatic rings. The van der Waals surface area contributed by atoms with Crippen molar-refractivity contribution in [1.82, 2.24) is 15.1 Å². The van der Waals surface area contributed by atoms with E-state index in [1.807, 2.05) is 38.1 Å². The SMILES string of the molecule is CC(C)c1noc(-c2cc3ccccc3[nH]2)n1. The molecule has 0 unspecified atom stereocenters. The molecule has 0 fully saturated rings. The molecule has 0 spiro atoms. The van der Waals surface area contributed by atoms with E-state index >= 15 is 0 Å². The fraction of sp³-hybridized carbons (Fsp3) is 0.231. The maximum atomic E-state index is 5.25. The average Bonchev–Trinajstić information content (AvgIpc) is 2.95. The number of aromatic nitrogens is 3. The van der Waals surface area contributed by atoms with Crippen LogP contribution in [-0.4, -0.2) is 15.1 Å². The zero-order valence-electron chi connectivity index (χ0n) is 9.77. The van der Waals surface area contributed by atoms with Crippen molar-refractivity contribution in [3.05, 3.63) is 36.2 Å². The second-order valence-electron chi connectivity index (χ2n) is 4.38. The van der Waals surface area contributed by atoms with E-state index in [0.717, 1.165) is 22.4 Å². The van der Waals surface area contributed by atoms with Gasteiger partial charge in [0.2, 0.25) is 0 Å². The minimum atomic E-state index is 0.275. The molecule has 4 heteroatoms. The van der Waals surface area contributed by atoms with Crippen LogP contribution in [0.3, 0.4) is 0 Å². The number of aromatic amines is 1. The van der Waals surface area contributed by atoms with Gasteiger partial charge in [-0.05, 0) is 12.1 Å². The van der Waals surface area contributed by atoms with E-state index in [0.29, 0.717) is 5.89 Å². The van der Waals surface area contributed by atoms with Crippen LogP contribution in [0.2, 0.25) is 0 Å². The van der Waals surface area contributed by atoms with Crippen molar-refractivity contribution in [1.29, 1.82) is 0 Å². The van der Waals surface area contributed by atoms with Crippen LogP contribution in [0.5, 0.6) is 0 Å². The van der Waals surface area contributed by atoms with Gasteiger partial charge in [-0.1, -0.05) is 37.2 Å². The Bertz CT molecular complexity index is 618. The topological polar surface area (TPSA) is 54.7 Å². The molecule has 1 N–H and O–H groups in total. The van der Waals surface area contributed by atoms with E-state index in [-0.39, 0.29) is 5.92 Å². The zero-order chi connectivity index (χ0) is 11.8. The van der Waals surface area contributed by atoms with E-state index in [2.05, 4.69) is 21.2 Å². The summed E-state index contributed by atoms with van der Waals surface area (Å²) in [5.41, 5.74) is 1.94. The van der Waals surface area contributed by atoms with E-state index in [4.69, 9.17) is 4.52 Å². The second-order valence-corrected chi connectivity index (χ2v) is 4.38. The number of nitrogens with one attached hydrogen (secondary N) is 1. The van der Waals surface area contributed by atoms with Crippen molar-refractivity contribution < 1.29 is 4.52 Å². The number of hydrogen-bond donors (Lipinski definition) is 1. The first kappa shape index (κ1) is 10.1. The lowest BCUT2D eigenvalue weighted by atomic mass is 10.2. The summed E-state index contributed by atoms with van der Waals surface area (Å²) in [6, 6.07) is 10.1. The van der Waals surface area contributed by atoms with Crippen molar-refractivity contribution in [2.45, 2.75) is 19.8 Å². The molecule has 0 radical (unpaired) electrons. The standard InChI is InChI=1S/C13H13N3O/c1-8(2)12-15-13(17-16-12)11-7-9-5-3-4-6-10(9)14-11/h3-8,14H,1-2H3. The van der Waals surface area contributed by atoms with Crippen LogP contribution in [0.25, 0.3) is 22.5 Å². The van der Waals surface area contributed by atoms with Crippen molar-refractivity contribution in [2.24, 2.45) is 0 Å². The number of benzene rings is 1. The van der Waals surface area contributed by atoms with E-state index in [9.17, 15) is 0 Å². The van der Waals surface area contributed by atoms with E-state index < -0.39 is 0 Å². The molecule has 0 aliphatic rings. The first-order valence-electron chi connectivity index (χ1n) is 5.66. The van der Waals surface area contributed by atoms with Gasteiger partial charge < -0.3 is 9.51 Å². The van der Waals surface area contributed by atoms with Crippen molar-refractivity contribution in [3.8, 4) is 11.6 Å². The second kappa shape index (κ2) is 3.73. The predicted octanol–water partition coefficient (Wildman–Crippen LogP) is 3.34. The van der Waals surface area contributed by atoms with Crippen LogP contribution in [0.4, 0.5) is 0 Å². The molecule has 0 aliphatic carbocycles. The summed E-state index contributed by atoms with van der Waals surface area (Å²) in [6.07, 6.45) is 0. The summed E-state index contributed by atoms with van der Waals surface area (Å²) in [6.45, 7) is 4.08. The fourth-order valence-electron chi connectivity index (χ4n) is 1.77. The monoisotopic (exact) mass is 227 g/mol. The molecule has 17 heavy (non-hydrogen) atoms. The van der Waals surface area contributed by atoms with Gasteiger partial charge in [0, 0.05) is 16.8 Å². The van der Waals surface area contributed by atoms with Crippen molar-refractivity contribution in [3.63, 3.8) is 0 Å². The van der Waals surface area contributed by atoms with Crippen LogP contribution in [0, 0.1) is 0 Å². The van der Waals surface area contributed by atoms with E-state index in [1.165, 1.54) is 0 Å². The van der Waals surface area contributed by atoms with Gasteiger partial charge in [0.1, 0.15) is 5.69 Å². The molecular weight excluding hydrogens is 214 g/mol. The molecule has 0 saturated carbocycles. The largest absolute Gasteiger partial charge is 0.351 e. The van der Waals surface area contributed by atoms with Crippen LogP contribution in [0.15, 0.2) is 34.9 Å². The number of nitrogens with zero attached hydrogens (tertiary/aromatic N) is 2. The van der Waals surface area contributed by atoms with Gasteiger partial charge in [0.05, 0.1) is 0 Å². The molecule has 0 amide bonds. The highest BCUT2D eigenvalue weighted by Gasteiger charge is 2.13. The Morgan fingerprint density at radius 1 is 1.24 bits per heavy atom. The lowest BCUT2D eigenvalue weighted by Gasteiger charge is -1.91. The van der Waals surface area contributed by atoms with Gasteiger partial charge in [-0.2, -0.15) is 4.98 Å². The lowest BCUT2D eigenvalue weighted by Crippen LogP contribution is -1.89. The number of para-hydroxylation sites is 1. The molecule has 1 aromatic carbocycles. The number of H-pyrrole nitrogens is 1. The number of rotatable bonds is 2. The first-order valence-corrected chi connectivity index (χ1v) is 5.66. The van der Waals surface area contributed by atoms with Crippen LogP contribution < -0.4 is 0 Å². The third-order valence-electron chi connectivity index (χ3n) is 2.72. The van der Waals surface area contributed by atoms with Gasteiger partial charge in [-0.3, -0.25) is 0 Å². The minimum Gasteiger partial charge on any atom is -0.351 e. The third kappa shape index (κ3) is 1.71. The predicted molar refractivity (Wildman–Crippen MR) is 65.7 cm³/mol. The normalized spacial score (nSPS) is 11.5. The van der Waals surface area contributed by atoms with Crippen LogP contribution in [-0.2, 0) is 0 Å². The maximum absolute atomic E-state index is 5.25. The van der Waals surface area contributed by atoms with Crippen LogP contribution >= 0.6 is 0 Å². The molecule has 2 aromatic heterocycles. The van der Waals surface area contributed by atoms with Gasteiger partial charge in [0.25, 0.3) is 5.89 Å². The Morgan fingerprint density at radius 2 is 2.06 bits per heavy atom. The molecule has 2 heterocycles. The van der Waals surface area contributed by atoms with Gasteiger partial charge in [-0.15, -0.1) is 0 Å². The van der Waals surface area contributed by atoms with E-state index in [1.54, 1.807) is 0 Å². The zero-order valence-corrected chi connectivity index (χ0v) is 9.77. The number of hydrogen-bond acceptors (Lipinski definition) is 3. The highest BCUT2D eigenvalue weighted by molar-refractivity contribution is 5.84. The Hall–Kier alpha value is -2.10. The Kier molecular flexibility index (Phi) is 2.21. The third-order valence-corrected chi connectivity index (χ3v) is 2.72. The molecule has 3 rings (SSSR count). The molecule has 0 saturated heterocycles. The maximum Gasteiger partial charge on any atom is 0.274 e. The van der Waals surface area contributed by atoms with Gasteiger partial charge >= 0.3 is 0 Å². The summed E-state index contributed by atoms with van der Waals surface area (Å²) in [7, 11) is 0. The molecular formula is C13H13N3O. The molecule has 0 bridgehead atoms. The number of fused-ring (bicyclic) bond motifs is 1. The Morgan fingerprint density at radius 3 is 2.76 bits per heavy atom. The smallest absolute Gasteiger partial charge is 0.274 e. The first-order chi connectivity index (χ1) is 8.24. The summed E-state index contributed by atoms with van der Waals surface area (Å²) >= 11 is 0. The molecule has 86 valence electrons. The highest BCUT2D eigenvalue weighted by atomic mass is 16.5. The highest BCUT2D eigenvalue weighted by Crippen LogP contribution is 2.23. The summed E-state index contributed by atoms with van der Waals surface area (Å²) in [4.78, 5) is 7.63.